The van der Waals surface area contributed by atoms with E-state index in [0.29, 0.717) is 23.3 Å². The molecule has 0 radical (unpaired) electrons. The molecule has 2 aromatic rings. The number of hydrogen-bond acceptors (Lipinski definition) is 6. The van der Waals surface area contributed by atoms with Crippen molar-refractivity contribution in [3.63, 3.8) is 0 Å². The third-order valence-corrected chi connectivity index (χ3v) is 5.72. The number of anilines is 1. The number of amides is 1. The highest BCUT2D eigenvalue weighted by molar-refractivity contribution is 6.02. The largest absolute Gasteiger partial charge is 0.474 e. The standard InChI is InChI=1S/C22H29N5O2/c28-22(25-17-6-12-24-13-7-17)20-4-1-5-21(26-20)29-19-9-15-27(16-10-19)18-3-2-11-23-14-8-18/h1,4-7,12-13,18-19,23H,2-3,8-11,14-16H2,(H,24,25,28). The Balaban J connectivity index is 1.30. The fraction of sp³-hybridized carbons (Fsp3) is 0.500. The zero-order chi connectivity index (χ0) is 19.9. The molecule has 29 heavy (non-hydrogen) atoms. The lowest BCUT2D eigenvalue weighted by Gasteiger charge is -2.37. The SMILES string of the molecule is O=C(Nc1ccncc1)c1cccc(OC2CCN(C3CCCNCC3)CC2)n1. The van der Waals surface area contributed by atoms with Crippen LogP contribution < -0.4 is 15.4 Å². The van der Waals surface area contributed by atoms with Gasteiger partial charge in [-0.2, -0.15) is 0 Å². The quantitative estimate of drug-likeness (QED) is 0.810. The zero-order valence-corrected chi connectivity index (χ0v) is 16.7. The van der Waals surface area contributed by atoms with Crippen molar-refractivity contribution in [2.45, 2.75) is 44.2 Å². The molecule has 2 N–H and O–H groups in total. The van der Waals surface area contributed by atoms with Gasteiger partial charge in [-0.3, -0.25) is 9.78 Å². The Hall–Kier alpha value is -2.51. The number of hydrogen-bond donors (Lipinski definition) is 2. The zero-order valence-electron chi connectivity index (χ0n) is 16.7. The van der Waals surface area contributed by atoms with Gasteiger partial charge in [0.2, 0.25) is 5.88 Å². The summed E-state index contributed by atoms with van der Waals surface area (Å²) in [5, 5.41) is 6.32. The van der Waals surface area contributed by atoms with Crippen LogP contribution in [0, 0.1) is 0 Å². The molecule has 0 saturated carbocycles. The molecular formula is C22H29N5O2. The molecular weight excluding hydrogens is 366 g/mol. The van der Waals surface area contributed by atoms with Crippen molar-refractivity contribution in [2.24, 2.45) is 0 Å². The van der Waals surface area contributed by atoms with E-state index in [2.05, 4.69) is 25.5 Å². The molecule has 2 fully saturated rings. The lowest BCUT2D eigenvalue weighted by atomic mass is 10.0. The molecule has 0 aromatic carbocycles. The molecule has 1 atom stereocenters. The number of nitrogens with one attached hydrogen (secondary N) is 2. The van der Waals surface area contributed by atoms with E-state index in [0.717, 1.165) is 39.0 Å². The van der Waals surface area contributed by atoms with Gasteiger partial charge in [-0.25, -0.2) is 4.98 Å². The molecule has 2 saturated heterocycles. The molecule has 0 aliphatic carbocycles. The maximum atomic E-state index is 12.4. The van der Waals surface area contributed by atoms with Crippen LogP contribution in [0.25, 0.3) is 0 Å². The fourth-order valence-corrected chi connectivity index (χ4v) is 4.13. The maximum absolute atomic E-state index is 12.4. The number of ether oxygens (including phenoxy) is 1. The summed E-state index contributed by atoms with van der Waals surface area (Å²) in [6, 6.07) is 9.53. The Labute approximate surface area is 171 Å². The average molecular weight is 396 g/mol. The Morgan fingerprint density at radius 2 is 1.90 bits per heavy atom. The van der Waals surface area contributed by atoms with Crippen LogP contribution in [0.2, 0.25) is 0 Å². The molecule has 2 aromatic heterocycles. The molecule has 4 heterocycles. The topological polar surface area (TPSA) is 79.4 Å². The van der Waals surface area contributed by atoms with Crippen LogP contribution >= 0.6 is 0 Å². The smallest absolute Gasteiger partial charge is 0.274 e. The highest BCUT2D eigenvalue weighted by Crippen LogP contribution is 2.22. The molecule has 2 aliphatic heterocycles. The number of carbonyl (C=O) groups is 1. The predicted octanol–water partition coefficient (Wildman–Crippen LogP) is 2.71. The Morgan fingerprint density at radius 3 is 2.72 bits per heavy atom. The van der Waals surface area contributed by atoms with Crippen LogP contribution in [-0.2, 0) is 0 Å². The van der Waals surface area contributed by atoms with Gasteiger partial charge in [0.25, 0.3) is 5.91 Å². The van der Waals surface area contributed by atoms with E-state index in [1.165, 1.54) is 19.3 Å². The van der Waals surface area contributed by atoms with Gasteiger partial charge in [-0.1, -0.05) is 6.07 Å². The number of rotatable bonds is 5. The first-order valence-electron chi connectivity index (χ1n) is 10.6. The van der Waals surface area contributed by atoms with Crippen molar-refractivity contribution in [1.82, 2.24) is 20.2 Å². The third-order valence-electron chi connectivity index (χ3n) is 5.72. The molecule has 154 valence electrons. The first-order chi connectivity index (χ1) is 14.3. The van der Waals surface area contributed by atoms with Crippen molar-refractivity contribution >= 4 is 11.6 Å². The molecule has 1 amide bonds. The number of pyridine rings is 2. The summed E-state index contributed by atoms with van der Waals surface area (Å²) in [5.74, 6) is 0.267. The lowest BCUT2D eigenvalue weighted by Crippen LogP contribution is -2.44. The van der Waals surface area contributed by atoms with Crippen molar-refractivity contribution in [1.29, 1.82) is 0 Å². The van der Waals surface area contributed by atoms with Crippen molar-refractivity contribution < 1.29 is 9.53 Å². The van der Waals surface area contributed by atoms with Gasteiger partial charge in [0.15, 0.2) is 0 Å². The van der Waals surface area contributed by atoms with E-state index in [9.17, 15) is 4.79 Å². The van der Waals surface area contributed by atoms with E-state index in [1.54, 1.807) is 30.6 Å². The minimum absolute atomic E-state index is 0.154. The summed E-state index contributed by atoms with van der Waals surface area (Å²) in [6.07, 6.45) is 9.22. The van der Waals surface area contributed by atoms with Crippen LogP contribution in [0.5, 0.6) is 5.88 Å². The van der Waals surface area contributed by atoms with Gasteiger partial charge < -0.3 is 20.3 Å². The van der Waals surface area contributed by atoms with Crippen LogP contribution in [0.3, 0.4) is 0 Å². The molecule has 7 heteroatoms. The van der Waals surface area contributed by atoms with Crippen molar-refractivity contribution in [2.75, 3.05) is 31.5 Å². The van der Waals surface area contributed by atoms with Crippen molar-refractivity contribution in [3.8, 4) is 5.88 Å². The van der Waals surface area contributed by atoms with Crippen LogP contribution in [0.1, 0.15) is 42.6 Å². The number of piperidine rings is 1. The number of nitrogens with zero attached hydrogens (tertiary/aromatic N) is 3. The van der Waals surface area contributed by atoms with E-state index < -0.39 is 0 Å². The number of carbonyl (C=O) groups excluding carboxylic acids is 1. The Kier molecular flexibility index (Phi) is 6.69. The minimum Gasteiger partial charge on any atom is -0.474 e. The summed E-state index contributed by atoms with van der Waals surface area (Å²) >= 11 is 0. The van der Waals surface area contributed by atoms with Crippen LogP contribution in [0.4, 0.5) is 5.69 Å². The Morgan fingerprint density at radius 1 is 1.07 bits per heavy atom. The third kappa shape index (κ3) is 5.52. The molecule has 2 aliphatic rings. The predicted molar refractivity (Wildman–Crippen MR) is 112 cm³/mol. The maximum Gasteiger partial charge on any atom is 0.274 e. The lowest BCUT2D eigenvalue weighted by molar-refractivity contribution is 0.0685. The van der Waals surface area contributed by atoms with E-state index in [4.69, 9.17) is 4.74 Å². The summed E-state index contributed by atoms with van der Waals surface area (Å²) in [6.45, 7) is 4.40. The van der Waals surface area contributed by atoms with Gasteiger partial charge in [0.1, 0.15) is 11.8 Å². The van der Waals surface area contributed by atoms with Crippen LogP contribution in [-0.4, -0.2) is 59.1 Å². The molecule has 1 unspecified atom stereocenters. The number of likely N-dealkylation sites (tertiary alicyclic amines) is 1. The summed E-state index contributed by atoms with van der Waals surface area (Å²) in [4.78, 5) is 23.4. The molecule has 0 spiro atoms. The Bertz CT molecular complexity index is 785. The summed E-state index contributed by atoms with van der Waals surface area (Å²) in [5.41, 5.74) is 1.04. The molecule has 4 rings (SSSR count). The summed E-state index contributed by atoms with van der Waals surface area (Å²) < 4.78 is 6.12. The monoisotopic (exact) mass is 395 g/mol. The molecule has 0 bridgehead atoms. The molecule has 7 nitrogen and oxygen atoms in total. The highest BCUT2D eigenvalue weighted by atomic mass is 16.5. The second kappa shape index (κ2) is 9.80. The summed E-state index contributed by atoms with van der Waals surface area (Å²) in [7, 11) is 0. The van der Waals surface area contributed by atoms with Gasteiger partial charge in [0, 0.05) is 43.3 Å². The van der Waals surface area contributed by atoms with E-state index in [-0.39, 0.29) is 12.0 Å². The van der Waals surface area contributed by atoms with E-state index in [1.807, 2.05) is 12.1 Å². The first kappa shape index (κ1) is 19.8. The second-order valence-corrected chi connectivity index (χ2v) is 7.74. The highest BCUT2D eigenvalue weighted by Gasteiger charge is 2.26. The van der Waals surface area contributed by atoms with Crippen LogP contribution in [0.15, 0.2) is 42.7 Å². The number of aromatic nitrogens is 2. The van der Waals surface area contributed by atoms with E-state index >= 15 is 0 Å². The van der Waals surface area contributed by atoms with Crippen molar-refractivity contribution in [3.05, 3.63) is 48.4 Å². The fourth-order valence-electron chi connectivity index (χ4n) is 4.13. The van der Waals surface area contributed by atoms with Gasteiger partial charge in [-0.15, -0.1) is 0 Å². The van der Waals surface area contributed by atoms with Gasteiger partial charge in [-0.05, 0) is 63.4 Å². The second-order valence-electron chi connectivity index (χ2n) is 7.74. The average Bonchev–Trinajstić information content (AvgIpc) is 3.05. The normalized spacial score (nSPS) is 21.3. The van der Waals surface area contributed by atoms with Gasteiger partial charge >= 0.3 is 0 Å². The minimum atomic E-state index is -0.251. The van der Waals surface area contributed by atoms with Gasteiger partial charge in [0.05, 0.1) is 0 Å². The first-order valence-corrected chi connectivity index (χ1v) is 10.6.